The van der Waals surface area contributed by atoms with Crippen LogP contribution in [0.4, 0.5) is 10.1 Å². The molecule has 2 amide bonds. The number of nitrogens with one attached hydrogen (secondary N) is 3. The summed E-state index contributed by atoms with van der Waals surface area (Å²) in [7, 11) is 0. The van der Waals surface area contributed by atoms with Gasteiger partial charge >= 0.3 is 0 Å². The number of carbonyl (C=O) groups excluding carboxylic acids is 2. The molecule has 5 N–H and O–H groups in total. The van der Waals surface area contributed by atoms with Crippen LogP contribution in [-0.2, 0) is 4.79 Å². The molecule has 0 aliphatic heterocycles. The topological polar surface area (TPSA) is 96.2 Å². The number of rotatable bonds is 6. The van der Waals surface area contributed by atoms with E-state index in [0.29, 0.717) is 0 Å². The highest BCUT2D eigenvalue weighted by atomic mass is 19.1. The molecule has 0 radical (unpaired) electrons. The summed E-state index contributed by atoms with van der Waals surface area (Å²) in [6.45, 7) is 3.86. The number of benzene rings is 1. The van der Waals surface area contributed by atoms with Crippen LogP contribution in [0.15, 0.2) is 18.2 Å². The van der Waals surface area contributed by atoms with Gasteiger partial charge in [-0.3, -0.25) is 15.4 Å². The van der Waals surface area contributed by atoms with Crippen molar-refractivity contribution in [3.8, 4) is 0 Å². The summed E-state index contributed by atoms with van der Waals surface area (Å²) in [5, 5.41) is 5.25. The fourth-order valence-electron chi connectivity index (χ4n) is 1.64. The quantitative estimate of drug-likeness (QED) is 0.457. The van der Waals surface area contributed by atoms with Crippen molar-refractivity contribution in [3.63, 3.8) is 0 Å². The molecule has 0 heterocycles. The largest absolute Gasteiger partial charge is 0.354 e. The van der Waals surface area contributed by atoms with Crippen LogP contribution in [0.2, 0.25) is 0 Å². The standard InChI is InChI=1S/C13H19FN4O2/c1-8(2)17-11(19)6-7-16-13(20)9-4-3-5-10(14)12(9)18-15/h3-5,8,18H,6-7,15H2,1-2H3,(H,16,20)(H,17,19). The summed E-state index contributed by atoms with van der Waals surface area (Å²) in [5.74, 6) is 3.93. The number of nitrogen functional groups attached to an aromatic ring is 1. The average molecular weight is 282 g/mol. The highest BCUT2D eigenvalue weighted by molar-refractivity contribution is 5.99. The van der Waals surface area contributed by atoms with Crippen molar-refractivity contribution in [1.29, 1.82) is 0 Å². The predicted molar refractivity (Wildman–Crippen MR) is 74.4 cm³/mol. The minimum absolute atomic E-state index is 0.0504. The molecule has 7 heteroatoms. The zero-order chi connectivity index (χ0) is 15.1. The summed E-state index contributed by atoms with van der Waals surface area (Å²) in [6.07, 6.45) is 0.157. The van der Waals surface area contributed by atoms with Crippen LogP contribution < -0.4 is 21.9 Å². The number of anilines is 1. The molecule has 1 aromatic carbocycles. The molecule has 0 atom stereocenters. The van der Waals surface area contributed by atoms with Gasteiger partial charge in [-0.1, -0.05) is 6.07 Å². The van der Waals surface area contributed by atoms with E-state index < -0.39 is 11.7 Å². The predicted octanol–water partition coefficient (Wildman–Crippen LogP) is 0.756. The maximum absolute atomic E-state index is 13.4. The van der Waals surface area contributed by atoms with Gasteiger partial charge in [0, 0.05) is 19.0 Å². The zero-order valence-electron chi connectivity index (χ0n) is 11.5. The fraction of sp³-hybridized carbons (Fsp3) is 0.385. The van der Waals surface area contributed by atoms with Gasteiger partial charge in [0.15, 0.2) is 0 Å². The minimum atomic E-state index is -0.613. The Balaban J connectivity index is 2.56. The smallest absolute Gasteiger partial charge is 0.253 e. The van der Waals surface area contributed by atoms with Crippen molar-refractivity contribution in [3.05, 3.63) is 29.6 Å². The van der Waals surface area contributed by atoms with Crippen LogP contribution in [0.1, 0.15) is 30.6 Å². The molecule has 0 aliphatic rings. The third-order valence-electron chi connectivity index (χ3n) is 2.49. The van der Waals surface area contributed by atoms with Crippen molar-refractivity contribution in [1.82, 2.24) is 10.6 Å². The molecule has 20 heavy (non-hydrogen) atoms. The van der Waals surface area contributed by atoms with E-state index in [4.69, 9.17) is 5.84 Å². The van der Waals surface area contributed by atoms with Gasteiger partial charge in [0.2, 0.25) is 5.91 Å². The van der Waals surface area contributed by atoms with Crippen molar-refractivity contribution < 1.29 is 14.0 Å². The van der Waals surface area contributed by atoms with E-state index >= 15 is 0 Å². The molecule has 0 aliphatic carbocycles. The first-order valence-corrected chi connectivity index (χ1v) is 6.28. The van der Waals surface area contributed by atoms with Gasteiger partial charge < -0.3 is 16.1 Å². The number of halogens is 1. The van der Waals surface area contributed by atoms with E-state index in [-0.39, 0.29) is 36.2 Å². The molecule has 1 aromatic rings. The molecule has 1 rings (SSSR count). The molecule has 0 spiro atoms. The number of nitrogens with two attached hydrogens (primary N) is 1. The lowest BCUT2D eigenvalue weighted by Crippen LogP contribution is -2.34. The molecule has 0 saturated heterocycles. The molecule has 0 unspecified atom stereocenters. The van der Waals surface area contributed by atoms with E-state index in [1.807, 2.05) is 13.8 Å². The number of hydrogen-bond acceptors (Lipinski definition) is 4. The maximum Gasteiger partial charge on any atom is 0.253 e. The lowest BCUT2D eigenvalue weighted by molar-refractivity contribution is -0.121. The van der Waals surface area contributed by atoms with Gasteiger partial charge in [0.25, 0.3) is 5.91 Å². The van der Waals surface area contributed by atoms with Gasteiger partial charge in [-0.15, -0.1) is 0 Å². The Kier molecular flexibility index (Phi) is 5.92. The summed E-state index contributed by atoms with van der Waals surface area (Å²) in [6, 6.07) is 4.11. The van der Waals surface area contributed by atoms with Gasteiger partial charge in [-0.25, -0.2) is 4.39 Å². The van der Waals surface area contributed by atoms with Crippen LogP contribution in [0.25, 0.3) is 0 Å². The van der Waals surface area contributed by atoms with Gasteiger partial charge in [-0.2, -0.15) is 0 Å². The highest BCUT2D eigenvalue weighted by Gasteiger charge is 2.14. The first-order valence-electron chi connectivity index (χ1n) is 6.28. The lowest BCUT2D eigenvalue weighted by atomic mass is 10.1. The number of hydrazine groups is 1. The Morgan fingerprint density at radius 3 is 2.65 bits per heavy atom. The van der Waals surface area contributed by atoms with Crippen LogP contribution in [0, 0.1) is 5.82 Å². The summed E-state index contributed by atoms with van der Waals surface area (Å²) < 4.78 is 13.4. The number of carbonyl (C=O) groups is 2. The minimum Gasteiger partial charge on any atom is -0.354 e. The fourth-order valence-corrected chi connectivity index (χ4v) is 1.64. The van der Waals surface area contributed by atoms with E-state index in [9.17, 15) is 14.0 Å². The Morgan fingerprint density at radius 1 is 1.35 bits per heavy atom. The van der Waals surface area contributed by atoms with Crippen molar-refractivity contribution in [2.45, 2.75) is 26.3 Å². The van der Waals surface area contributed by atoms with E-state index in [1.165, 1.54) is 18.2 Å². The third-order valence-corrected chi connectivity index (χ3v) is 2.49. The second kappa shape index (κ2) is 7.44. The molecule has 6 nitrogen and oxygen atoms in total. The normalized spacial score (nSPS) is 10.2. The van der Waals surface area contributed by atoms with Crippen LogP contribution in [-0.4, -0.2) is 24.4 Å². The van der Waals surface area contributed by atoms with Crippen LogP contribution in [0.5, 0.6) is 0 Å². The lowest BCUT2D eigenvalue weighted by Gasteiger charge is -2.11. The van der Waals surface area contributed by atoms with Crippen LogP contribution >= 0.6 is 0 Å². The van der Waals surface area contributed by atoms with E-state index in [1.54, 1.807) is 0 Å². The van der Waals surface area contributed by atoms with Crippen LogP contribution in [0.3, 0.4) is 0 Å². The van der Waals surface area contributed by atoms with Gasteiger partial charge in [0.1, 0.15) is 5.82 Å². The first kappa shape index (κ1) is 15.9. The first-order chi connectivity index (χ1) is 9.45. The molecule has 0 fully saturated rings. The van der Waals surface area contributed by atoms with E-state index in [0.717, 1.165) is 0 Å². The second-order valence-corrected chi connectivity index (χ2v) is 4.53. The van der Waals surface area contributed by atoms with Crippen molar-refractivity contribution in [2.75, 3.05) is 12.0 Å². The third kappa shape index (κ3) is 4.51. The molecule has 110 valence electrons. The van der Waals surface area contributed by atoms with Crippen molar-refractivity contribution >= 4 is 17.5 Å². The summed E-state index contributed by atoms with van der Waals surface area (Å²) >= 11 is 0. The Hall–Kier alpha value is -2.15. The molecular formula is C13H19FN4O2. The zero-order valence-corrected chi connectivity index (χ0v) is 11.5. The van der Waals surface area contributed by atoms with E-state index in [2.05, 4.69) is 16.1 Å². The molecule has 0 bridgehead atoms. The Morgan fingerprint density at radius 2 is 2.05 bits per heavy atom. The van der Waals surface area contributed by atoms with Crippen molar-refractivity contribution in [2.24, 2.45) is 5.84 Å². The second-order valence-electron chi connectivity index (χ2n) is 4.53. The SMILES string of the molecule is CC(C)NC(=O)CCNC(=O)c1cccc(F)c1NN. The molecule has 0 saturated carbocycles. The maximum atomic E-state index is 13.4. The monoisotopic (exact) mass is 282 g/mol. The Bertz CT molecular complexity index is 491. The number of para-hydroxylation sites is 1. The Labute approximate surface area is 116 Å². The summed E-state index contributed by atoms with van der Waals surface area (Å²) in [4.78, 5) is 23.3. The molecular weight excluding hydrogens is 263 g/mol. The van der Waals surface area contributed by atoms with Gasteiger partial charge in [-0.05, 0) is 26.0 Å². The highest BCUT2D eigenvalue weighted by Crippen LogP contribution is 2.18. The summed E-state index contributed by atoms with van der Waals surface area (Å²) in [5.41, 5.74) is 2.18. The van der Waals surface area contributed by atoms with Gasteiger partial charge in [0.05, 0.1) is 11.3 Å². The number of hydrogen-bond donors (Lipinski definition) is 4. The molecule has 0 aromatic heterocycles. The average Bonchev–Trinajstić information content (AvgIpc) is 2.37. The number of amides is 2.